The molecular formula is C18H19FN2O2. The maximum absolute atomic E-state index is 13.4. The Bertz CT molecular complexity index is 669. The molecule has 2 rings (SSSR count). The summed E-state index contributed by atoms with van der Waals surface area (Å²) in [6, 6.07) is 13.7. The summed E-state index contributed by atoms with van der Waals surface area (Å²) in [5.41, 5.74) is 1.53. The van der Waals surface area contributed by atoms with Crippen LogP contribution in [0.4, 0.5) is 9.18 Å². The molecule has 0 heterocycles. The quantitative estimate of drug-likeness (QED) is 0.859. The Morgan fingerprint density at radius 1 is 1.17 bits per heavy atom. The first-order valence-corrected chi connectivity index (χ1v) is 7.27. The van der Waals surface area contributed by atoms with Crippen molar-refractivity contribution < 1.29 is 13.9 Å². The average molecular weight is 314 g/mol. The van der Waals surface area contributed by atoms with Crippen molar-refractivity contribution in [1.82, 2.24) is 10.6 Å². The van der Waals surface area contributed by atoms with Crippen LogP contribution in [-0.2, 0) is 6.42 Å². The van der Waals surface area contributed by atoms with E-state index in [1.165, 1.54) is 18.3 Å². The van der Waals surface area contributed by atoms with Crippen molar-refractivity contribution in [3.63, 3.8) is 0 Å². The maximum Gasteiger partial charge on any atom is 0.318 e. The number of benzene rings is 2. The molecule has 2 aromatic carbocycles. The summed E-state index contributed by atoms with van der Waals surface area (Å²) in [5.74, 6) is 0.475. The Labute approximate surface area is 135 Å². The molecule has 120 valence electrons. The number of rotatable bonds is 6. The number of amides is 2. The van der Waals surface area contributed by atoms with E-state index in [4.69, 9.17) is 4.74 Å². The Morgan fingerprint density at radius 3 is 2.61 bits per heavy atom. The van der Waals surface area contributed by atoms with Crippen molar-refractivity contribution in [2.24, 2.45) is 0 Å². The highest BCUT2D eigenvalue weighted by Crippen LogP contribution is 2.11. The van der Waals surface area contributed by atoms with Crippen LogP contribution in [0.3, 0.4) is 0 Å². The van der Waals surface area contributed by atoms with Gasteiger partial charge in [-0.1, -0.05) is 30.3 Å². The van der Waals surface area contributed by atoms with Gasteiger partial charge in [-0.05, 0) is 36.3 Å². The third-order valence-corrected chi connectivity index (χ3v) is 3.24. The van der Waals surface area contributed by atoms with Gasteiger partial charge in [0.1, 0.15) is 11.6 Å². The zero-order valence-corrected chi connectivity index (χ0v) is 12.9. The fraction of sp³-hybridized carbons (Fsp3) is 0.167. The van der Waals surface area contributed by atoms with Gasteiger partial charge in [-0.3, -0.25) is 0 Å². The molecule has 2 aromatic rings. The zero-order valence-electron chi connectivity index (χ0n) is 12.9. The third kappa shape index (κ3) is 5.47. The Kier molecular flexibility index (Phi) is 6.17. The Morgan fingerprint density at radius 2 is 1.91 bits per heavy atom. The van der Waals surface area contributed by atoms with E-state index in [-0.39, 0.29) is 11.8 Å². The molecule has 2 amide bonds. The fourth-order valence-electron chi connectivity index (χ4n) is 1.98. The number of carbonyl (C=O) groups is 1. The third-order valence-electron chi connectivity index (χ3n) is 3.24. The molecule has 5 heteroatoms. The lowest BCUT2D eigenvalue weighted by Gasteiger charge is -2.06. The van der Waals surface area contributed by atoms with Gasteiger partial charge in [0.15, 0.2) is 0 Å². The number of methoxy groups -OCH3 is 1. The molecule has 0 bridgehead atoms. The molecule has 0 aliphatic heterocycles. The van der Waals surface area contributed by atoms with Crippen LogP contribution in [0.1, 0.15) is 11.1 Å². The second kappa shape index (κ2) is 8.58. The van der Waals surface area contributed by atoms with Crippen molar-refractivity contribution in [3.05, 3.63) is 71.7 Å². The van der Waals surface area contributed by atoms with Crippen LogP contribution in [0, 0.1) is 5.82 Å². The maximum atomic E-state index is 13.4. The lowest BCUT2D eigenvalue weighted by atomic mass is 10.1. The molecule has 0 saturated carbocycles. The molecule has 0 unspecified atom stereocenters. The lowest BCUT2D eigenvalue weighted by Crippen LogP contribution is -2.33. The molecule has 0 aliphatic rings. The SMILES string of the molecule is COc1ccc(CCNC(=O)N/C=C/c2ccccc2F)cc1. The van der Waals surface area contributed by atoms with E-state index in [1.54, 1.807) is 25.3 Å². The largest absolute Gasteiger partial charge is 0.497 e. The van der Waals surface area contributed by atoms with E-state index in [0.717, 1.165) is 11.3 Å². The zero-order chi connectivity index (χ0) is 16.5. The lowest BCUT2D eigenvalue weighted by molar-refractivity contribution is 0.244. The molecular weight excluding hydrogens is 295 g/mol. The van der Waals surface area contributed by atoms with Crippen LogP contribution in [0.5, 0.6) is 5.75 Å². The number of ether oxygens (including phenoxy) is 1. The Balaban J connectivity index is 1.71. The van der Waals surface area contributed by atoms with Crippen LogP contribution >= 0.6 is 0 Å². The van der Waals surface area contributed by atoms with Crippen LogP contribution in [-0.4, -0.2) is 19.7 Å². The van der Waals surface area contributed by atoms with Crippen molar-refractivity contribution >= 4 is 12.1 Å². The highest BCUT2D eigenvalue weighted by molar-refractivity contribution is 5.75. The number of halogens is 1. The van der Waals surface area contributed by atoms with Crippen molar-refractivity contribution in [2.75, 3.05) is 13.7 Å². The predicted molar refractivity (Wildman–Crippen MR) is 88.7 cm³/mol. The van der Waals surface area contributed by atoms with E-state index >= 15 is 0 Å². The summed E-state index contributed by atoms with van der Waals surface area (Å²) in [5, 5.41) is 5.28. The van der Waals surface area contributed by atoms with Gasteiger partial charge in [0.2, 0.25) is 0 Å². The van der Waals surface area contributed by atoms with Gasteiger partial charge in [-0.25, -0.2) is 9.18 Å². The van der Waals surface area contributed by atoms with Crippen LogP contribution in [0.2, 0.25) is 0 Å². The number of carbonyl (C=O) groups excluding carboxylic acids is 1. The van der Waals surface area contributed by atoms with E-state index in [0.29, 0.717) is 18.5 Å². The van der Waals surface area contributed by atoms with E-state index in [9.17, 15) is 9.18 Å². The second-order valence-corrected chi connectivity index (χ2v) is 4.85. The van der Waals surface area contributed by atoms with Gasteiger partial charge in [0.05, 0.1) is 7.11 Å². The molecule has 23 heavy (non-hydrogen) atoms. The molecule has 0 radical (unpaired) electrons. The number of nitrogens with one attached hydrogen (secondary N) is 2. The predicted octanol–water partition coefficient (Wildman–Crippen LogP) is 3.35. The second-order valence-electron chi connectivity index (χ2n) is 4.85. The average Bonchev–Trinajstić information content (AvgIpc) is 2.57. The summed E-state index contributed by atoms with van der Waals surface area (Å²) < 4.78 is 18.5. The molecule has 0 saturated heterocycles. The molecule has 4 nitrogen and oxygen atoms in total. The molecule has 2 N–H and O–H groups in total. The van der Waals surface area contributed by atoms with E-state index in [2.05, 4.69) is 10.6 Å². The number of hydrogen-bond donors (Lipinski definition) is 2. The summed E-state index contributed by atoms with van der Waals surface area (Å²) in [7, 11) is 1.62. The van der Waals surface area contributed by atoms with Crippen molar-refractivity contribution in [3.8, 4) is 5.75 Å². The van der Waals surface area contributed by atoms with Crippen LogP contribution in [0.15, 0.2) is 54.7 Å². The topological polar surface area (TPSA) is 50.4 Å². The van der Waals surface area contributed by atoms with Crippen molar-refractivity contribution in [1.29, 1.82) is 0 Å². The number of hydrogen-bond acceptors (Lipinski definition) is 2. The molecule has 0 aromatic heterocycles. The smallest absolute Gasteiger partial charge is 0.318 e. The van der Waals surface area contributed by atoms with Gasteiger partial charge in [-0.15, -0.1) is 0 Å². The van der Waals surface area contributed by atoms with Gasteiger partial charge >= 0.3 is 6.03 Å². The first-order valence-electron chi connectivity index (χ1n) is 7.27. The standard InChI is InChI=1S/C18H19FN2O2/c1-23-16-8-6-14(7-9-16)10-12-20-18(22)21-13-11-15-4-2-3-5-17(15)19/h2-9,11,13H,10,12H2,1H3,(H2,20,21,22)/b13-11+. The van der Waals surface area contributed by atoms with Crippen LogP contribution in [0.25, 0.3) is 6.08 Å². The molecule has 0 fully saturated rings. The summed E-state index contributed by atoms with van der Waals surface area (Å²) in [6.07, 6.45) is 3.65. The van der Waals surface area contributed by atoms with E-state index in [1.807, 2.05) is 24.3 Å². The molecule has 0 atom stereocenters. The van der Waals surface area contributed by atoms with E-state index < -0.39 is 0 Å². The molecule has 0 aliphatic carbocycles. The van der Waals surface area contributed by atoms with Gasteiger partial charge < -0.3 is 15.4 Å². The van der Waals surface area contributed by atoms with Gasteiger partial charge in [0.25, 0.3) is 0 Å². The fourth-order valence-corrected chi connectivity index (χ4v) is 1.98. The monoisotopic (exact) mass is 314 g/mol. The Hall–Kier alpha value is -2.82. The minimum absolute atomic E-state index is 0.328. The normalized spacial score (nSPS) is 10.5. The van der Waals surface area contributed by atoms with Gasteiger partial charge in [0, 0.05) is 18.3 Å². The highest BCUT2D eigenvalue weighted by atomic mass is 19.1. The summed E-state index contributed by atoms with van der Waals surface area (Å²) >= 11 is 0. The van der Waals surface area contributed by atoms with Crippen molar-refractivity contribution in [2.45, 2.75) is 6.42 Å². The summed E-state index contributed by atoms with van der Waals surface area (Å²) in [6.45, 7) is 0.506. The van der Waals surface area contributed by atoms with Crippen LogP contribution < -0.4 is 15.4 Å². The highest BCUT2D eigenvalue weighted by Gasteiger charge is 1.99. The molecule has 0 spiro atoms. The minimum atomic E-state index is -0.328. The first-order chi connectivity index (χ1) is 11.2. The summed E-state index contributed by atoms with van der Waals surface area (Å²) in [4.78, 5) is 11.6. The number of urea groups is 1. The minimum Gasteiger partial charge on any atom is -0.497 e. The first kappa shape index (κ1) is 16.5. The van der Waals surface area contributed by atoms with Gasteiger partial charge in [-0.2, -0.15) is 0 Å².